The summed E-state index contributed by atoms with van der Waals surface area (Å²) in [6.45, 7) is 4.84. The zero-order chi connectivity index (χ0) is 13.9. The second-order valence-electron chi connectivity index (χ2n) is 5.29. The lowest BCUT2D eigenvalue weighted by atomic mass is 10.0. The number of benzene rings is 2. The van der Waals surface area contributed by atoms with Crippen molar-refractivity contribution in [3.63, 3.8) is 0 Å². The van der Waals surface area contributed by atoms with Crippen molar-refractivity contribution in [3.05, 3.63) is 76.4 Å². The normalized spacial score (nSPS) is 13.8. The third kappa shape index (κ3) is 2.83. The van der Waals surface area contributed by atoms with E-state index in [-0.39, 0.29) is 0 Å². The predicted octanol–water partition coefficient (Wildman–Crippen LogP) is 4.79. The molecule has 2 aromatic rings. The van der Waals surface area contributed by atoms with Gasteiger partial charge in [-0.15, -0.1) is 0 Å². The second kappa shape index (κ2) is 5.38. The molecule has 0 fully saturated rings. The van der Waals surface area contributed by atoms with Crippen LogP contribution in [0.15, 0.2) is 54.1 Å². The highest BCUT2D eigenvalue weighted by Gasteiger charge is 2.09. The fraction of sp³-hybridized carbons (Fsp3) is 0.158. The minimum absolute atomic E-state index is 0.637. The van der Waals surface area contributed by atoms with Gasteiger partial charge in [0.2, 0.25) is 0 Å². The summed E-state index contributed by atoms with van der Waals surface area (Å²) in [5.41, 5.74) is 6.12. The van der Waals surface area contributed by atoms with Gasteiger partial charge in [0.25, 0.3) is 0 Å². The molecule has 1 nitrogen and oxygen atoms in total. The summed E-state index contributed by atoms with van der Waals surface area (Å²) in [6.07, 6.45) is 6.47. The maximum absolute atomic E-state index is 5.78. The van der Waals surface area contributed by atoms with Gasteiger partial charge in [-0.3, -0.25) is 0 Å². The molecule has 1 heteroatoms. The smallest absolute Gasteiger partial charge is 0.127 e. The minimum atomic E-state index is 0.637. The summed E-state index contributed by atoms with van der Waals surface area (Å²) >= 11 is 0. The van der Waals surface area contributed by atoms with Crippen molar-refractivity contribution >= 4 is 12.2 Å². The highest BCUT2D eigenvalue weighted by atomic mass is 16.5. The largest absolute Gasteiger partial charge is 0.488 e. The third-order valence-electron chi connectivity index (χ3n) is 3.47. The van der Waals surface area contributed by atoms with Gasteiger partial charge in [0.15, 0.2) is 0 Å². The molecule has 0 unspecified atom stereocenters. The van der Waals surface area contributed by atoms with Gasteiger partial charge in [-0.2, -0.15) is 0 Å². The van der Waals surface area contributed by atoms with E-state index in [1.165, 1.54) is 27.8 Å². The zero-order valence-corrected chi connectivity index (χ0v) is 11.9. The van der Waals surface area contributed by atoms with Crippen LogP contribution in [0.1, 0.15) is 22.3 Å². The van der Waals surface area contributed by atoms with Crippen LogP contribution in [-0.2, 0) is 0 Å². The number of aryl methyl sites for hydroxylation is 2. The Kier molecular flexibility index (Phi) is 3.42. The SMILES string of the molecule is Cc1ccc(/C=C/C2=Cc3cc(C)ccc3OC2)cc1. The average molecular weight is 262 g/mol. The monoisotopic (exact) mass is 262 g/mol. The molecule has 1 aliphatic rings. The van der Waals surface area contributed by atoms with Gasteiger partial charge < -0.3 is 4.74 Å². The second-order valence-corrected chi connectivity index (χ2v) is 5.29. The molecule has 1 heterocycles. The van der Waals surface area contributed by atoms with Gasteiger partial charge in [-0.05, 0) is 43.2 Å². The van der Waals surface area contributed by atoms with E-state index in [0.29, 0.717) is 6.61 Å². The van der Waals surface area contributed by atoms with Crippen molar-refractivity contribution in [1.82, 2.24) is 0 Å². The van der Waals surface area contributed by atoms with Gasteiger partial charge in [0.1, 0.15) is 12.4 Å². The summed E-state index contributed by atoms with van der Waals surface area (Å²) in [7, 11) is 0. The maximum Gasteiger partial charge on any atom is 0.127 e. The summed E-state index contributed by atoms with van der Waals surface area (Å²) in [5.74, 6) is 0.975. The van der Waals surface area contributed by atoms with Crippen LogP contribution in [0.2, 0.25) is 0 Å². The molecule has 0 N–H and O–H groups in total. The lowest BCUT2D eigenvalue weighted by Crippen LogP contribution is -2.05. The third-order valence-corrected chi connectivity index (χ3v) is 3.47. The molecular formula is C19H18O. The number of fused-ring (bicyclic) bond motifs is 1. The first-order valence-corrected chi connectivity index (χ1v) is 6.89. The molecular weight excluding hydrogens is 244 g/mol. The molecule has 0 atom stereocenters. The zero-order valence-electron chi connectivity index (χ0n) is 11.9. The van der Waals surface area contributed by atoms with Crippen molar-refractivity contribution in [1.29, 1.82) is 0 Å². The fourth-order valence-corrected chi connectivity index (χ4v) is 2.29. The van der Waals surface area contributed by atoms with Crippen molar-refractivity contribution < 1.29 is 4.74 Å². The minimum Gasteiger partial charge on any atom is -0.488 e. The Hall–Kier alpha value is -2.28. The molecule has 0 amide bonds. The molecule has 0 aromatic heterocycles. The molecule has 0 radical (unpaired) electrons. The Morgan fingerprint density at radius 2 is 1.65 bits per heavy atom. The molecule has 0 saturated carbocycles. The number of hydrogen-bond donors (Lipinski definition) is 0. The molecule has 100 valence electrons. The first-order chi connectivity index (χ1) is 9.70. The molecule has 2 aromatic carbocycles. The maximum atomic E-state index is 5.78. The van der Waals surface area contributed by atoms with E-state index in [4.69, 9.17) is 4.74 Å². The van der Waals surface area contributed by atoms with Crippen molar-refractivity contribution in [3.8, 4) is 5.75 Å². The summed E-state index contributed by atoms with van der Waals surface area (Å²) in [6, 6.07) is 14.8. The van der Waals surface area contributed by atoms with Crippen LogP contribution in [0.3, 0.4) is 0 Å². The molecule has 3 rings (SSSR count). The van der Waals surface area contributed by atoms with E-state index >= 15 is 0 Å². The Morgan fingerprint density at radius 1 is 0.900 bits per heavy atom. The lowest BCUT2D eigenvalue weighted by molar-refractivity contribution is 0.351. The summed E-state index contributed by atoms with van der Waals surface area (Å²) < 4.78 is 5.78. The standard InChI is InChI=1S/C19H18O/c1-14-3-6-16(7-4-14)8-9-17-12-18-11-15(2)5-10-19(18)20-13-17/h3-12H,13H2,1-2H3/b9-8+. The number of rotatable bonds is 2. The van der Waals surface area contributed by atoms with E-state index in [0.717, 1.165) is 5.75 Å². The lowest BCUT2D eigenvalue weighted by Gasteiger charge is -2.16. The Balaban J connectivity index is 1.83. The molecule has 0 bridgehead atoms. The van der Waals surface area contributed by atoms with Crippen LogP contribution in [-0.4, -0.2) is 6.61 Å². The fourth-order valence-electron chi connectivity index (χ4n) is 2.29. The quantitative estimate of drug-likeness (QED) is 0.756. The molecule has 0 spiro atoms. The van der Waals surface area contributed by atoms with Crippen LogP contribution in [0.5, 0.6) is 5.75 Å². The van der Waals surface area contributed by atoms with E-state index in [1.54, 1.807) is 0 Å². The summed E-state index contributed by atoms with van der Waals surface area (Å²) in [5, 5.41) is 0. The molecule has 1 aliphatic heterocycles. The summed E-state index contributed by atoms with van der Waals surface area (Å²) in [4.78, 5) is 0. The van der Waals surface area contributed by atoms with E-state index < -0.39 is 0 Å². The first-order valence-electron chi connectivity index (χ1n) is 6.89. The Bertz CT molecular complexity index is 675. The topological polar surface area (TPSA) is 9.23 Å². The van der Waals surface area contributed by atoms with Crippen LogP contribution in [0.25, 0.3) is 12.2 Å². The van der Waals surface area contributed by atoms with Gasteiger partial charge in [0, 0.05) is 5.56 Å². The van der Waals surface area contributed by atoms with Crippen molar-refractivity contribution in [2.24, 2.45) is 0 Å². The first kappa shape index (κ1) is 12.7. The predicted molar refractivity (Wildman–Crippen MR) is 84.9 cm³/mol. The number of ether oxygens (including phenoxy) is 1. The van der Waals surface area contributed by atoms with Gasteiger partial charge in [-0.25, -0.2) is 0 Å². The Morgan fingerprint density at radius 3 is 2.45 bits per heavy atom. The van der Waals surface area contributed by atoms with Gasteiger partial charge >= 0.3 is 0 Å². The van der Waals surface area contributed by atoms with Crippen molar-refractivity contribution in [2.75, 3.05) is 6.61 Å². The van der Waals surface area contributed by atoms with Gasteiger partial charge in [-0.1, -0.05) is 53.6 Å². The molecule has 0 aliphatic carbocycles. The average Bonchev–Trinajstić information content (AvgIpc) is 2.46. The number of hydrogen-bond acceptors (Lipinski definition) is 1. The van der Waals surface area contributed by atoms with Crippen LogP contribution in [0.4, 0.5) is 0 Å². The molecule has 20 heavy (non-hydrogen) atoms. The highest BCUT2D eigenvalue weighted by molar-refractivity contribution is 5.67. The van der Waals surface area contributed by atoms with Gasteiger partial charge in [0.05, 0.1) is 0 Å². The van der Waals surface area contributed by atoms with E-state index in [9.17, 15) is 0 Å². The van der Waals surface area contributed by atoms with Crippen molar-refractivity contribution in [2.45, 2.75) is 13.8 Å². The van der Waals surface area contributed by atoms with Crippen LogP contribution >= 0.6 is 0 Å². The highest BCUT2D eigenvalue weighted by Crippen LogP contribution is 2.27. The van der Waals surface area contributed by atoms with E-state index in [1.807, 2.05) is 6.07 Å². The Labute approximate surface area is 120 Å². The van der Waals surface area contributed by atoms with E-state index in [2.05, 4.69) is 68.5 Å². The molecule has 0 saturated heterocycles. The van der Waals surface area contributed by atoms with Crippen LogP contribution in [0, 0.1) is 13.8 Å². The van der Waals surface area contributed by atoms with Crippen LogP contribution < -0.4 is 4.74 Å².